The van der Waals surface area contributed by atoms with Crippen molar-refractivity contribution in [1.82, 2.24) is 4.57 Å². The molecule has 4 heteroatoms. The van der Waals surface area contributed by atoms with Crippen molar-refractivity contribution in [2.45, 2.75) is 13.3 Å². The van der Waals surface area contributed by atoms with Crippen LogP contribution in [-0.4, -0.2) is 10.5 Å². The molecule has 19 heavy (non-hydrogen) atoms. The number of hydrogen-bond donors (Lipinski definition) is 1. The fourth-order valence-electron chi connectivity index (χ4n) is 1.87. The van der Waals surface area contributed by atoms with Crippen molar-refractivity contribution in [3.63, 3.8) is 0 Å². The van der Waals surface area contributed by atoms with Crippen LogP contribution < -0.4 is 10.9 Å². The molecule has 0 fully saturated rings. The lowest BCUT2D eigenvalue weighted by molar-refractivity contribution is 0.102. The van der Waals surface area contributed by atoms with Crippen molar-refractivity contribution >= 4 is 11.6 Å². The average molecular weight is 256 g/mol. The number of rotatable bonds is 3. The van der Waals surface area contributed by atoms with Crippen LogP contribution in [0.15, 0.2) is 47.4 Å². The largest absolute Gasteiger partial charge is 0.322 e. The molecule has 0 aliphatic heterocycles. The van der Waals surface area contributed by atoms with E-state index in [-0.39, 0.29) is 11.5 Å². The number of hydrogen-bond acceptors (Lipinski definition) is 2. The van der Waals surface area contributed by atoms with E-state index in [1.54, 1.807) is 7.05 Å². The lowest BCUT2D eigenvalue weighted by atomic mass is 10.1. The van der Waals surface area contributed by atoms with Crippen molar-refractivity contribution < 1.29 is 4.79 Å². The van der Waals surface area contributed by atoms with Crippen molar-refractivity contribution in [2.24, 2.45) is 7.05 Å². The van der Waals surface area contributed by atoms with Gasteiger partial charge in [0.15, 0.2) is 0 Å². The summed E-state index contributed by atoms with van der Waals surface area (Å²) in [4.78, 5) is 23.4. The minimum atomic E-state index is -0.212. The molecule has 1 heterocycles. The summed E-state index contributed by atoms with van der Waals surface area (Å²) in [5.41, 5.74) is 2.23. The topological polar surface area (TPSA) is 51.1 Å². The van der Waals surface area contributed by atoms with Gasteiger partial charge >= 0.3 is 0 Å². The second-order valence-electron chi connectivity index (χ2n) is 4.33. The third-order valence-corrected chi connectivity index (χ3v) is 2.99. The molecule has 0 saturated carbocycles. The van der Waals surface area contributed by atoms with E-state index in [0.29, 0.717) is 5.56 Å². The van der Waals surface area contributed by atoms with Gasteiger partial charge in [-0.15, -0.1) is 0 Å². The number of carbonyl (C=O) groups excluding carboxylic acids is 1. The fraction of sp³-hybridized carbons (Fsp3) is 0.200. The number of amides is 1. The Bertz CT molecular complexity index is 659. The maximum atomic E-state index is 12.1. The Hall–Kier alpha value is -2.36. The summed E-state index contributed by atoms with van der Waals surface area (Å²) in [6.45, 7) is 2.04. The van der Waals surface area contributed by atoms with Gasteiger partial charge in [-0.3, -0.25) is 9.59 Å². The van der Waals surface area contributed by atoms with Crippen molar-refractivity contribution in [3.05, 3.63) is 64.1 Å². The number of nitrogens with zero attached hydrogens (tertiary/aromatic N) is 1. The first-order chi connectivity index (χ1) is 9.11. The number of nitrogens with one attached hydrogen (secondary N) is 1. The molecule has 0 unspecified atom stereocenters. The van der Waals surface area contributed by atoms with Gasteiger partial charge in [0.25, 0.3) is 5.91 Å². The van der Waals surface area contributed by atoms with Crippen molar-refractivity contribution in [1.29, 1.82) is 0 Å². The van der Waals surface area contributed by atoms with Crippen molar-refractivity contribution in [3.8, 4) is 0 Å². The van der Waals surface area contributed by atoms with Gasteiger partial charge in [0.2, 0.25) is 5.56 Å². The summed E-state index contributed by atoms with van der Waals surface area (Å²) in [6, 6.07) is 10.6. The number of anilines is 1. The Balaban J connectivity index is 2.25. The molecule has 1 aromatic carbocycles. The number of pyridine rings is 1. The van der Waals surface area contributed by atoms with E-state index in [2.05, 4.69) is 5.32 Å². The summed E-state index contributed by atoms with van der Waals surface area (Å²) in [7, 11) is 1.62. The Morgan fingerprint density at radius 2 is 1.95 bits per heavy atom. The van der Waals surface area contributed by atoms with E-state index >= 15 is 0 Å². The molecule has 0 saturated heterocycles. The molecule has 0 bridgehead atoms. The van der Waals surface area contributed by atoms with Gasteiger partial charge in [-0.05, 0) is 24.1 Å². The highest BCUT2D eigenvalue weighted by Crippen LogP contribution is 2.16. The van der Waals surface area contributed by atoms with Gasteiger partial charge in [-0.25, -0.2) is 0 Å². The molecule has 1 aromatic heterocycles. The number of aryl methyl sites for hydroxylation is 2. The molecule has 2 aromatic rings. The van der Waals surface area contributed by atoms with E-state index in [0.717, 1.165) is 17.7 Å². The van der Waals surface area contributed by atoms with E-state index in [1.165, 1.54) is 22.9 Å². The third kappa shape index (κ3) is 2.91. The number of aromatic nitrogens is 1. The standard InChI is InChI=1S/C15H16N2O2/c1-3-11-6-4-5-7-13(11)16-15(19)12-8-9-14(18)17(2)10-12/h4-10H,3H2,1-2H3,(H,16,19). The molecule has 4 nitrogen and oxygen atoms in total. The maximum Gasteiger partial charge on any atom is 0.257 e. The van der Waals surface area contributed by atoms with E-state index in [9.17, 15) is 9.59 Å². The van der Waals surface area contributed by atoms with Gasteiger partial charge in [0.05, 0.1) is 5.56 Å². The average Bonchev–Trinajstić information content (AvgIpc) is 2.42. The Morgan fingerprint density at radius 3 is 2.63 bits per heavy atom. The first-order valence-electron chi connectivity index (χ1n) is 6.17. The van der Waals surface area contributed by atoms with Crippen LogP contribution in [-0.2, 0) is 13.5 Å². The lowest BCUT2D eigenvalue weighted by Gasteiger charge is -2.10. The highest BCUT2D eigenvalue weighted by atomic mass is 16.2. The van der Waals surface area contributed by atoms with Crippen LogP contribution in [0.25, 0.3) is 0 Å². The lowest BCUT2D eigenvalue weighted by Crippen LogP contribution is -2.19. The second-order valence-corrected chi connectivity index (χ2v) is 4.33. The highest BCUT2D eigenvalue weighted by molar-refractivity contribution is 6.04. The molecule has 98 valence electrons. The minimum Gasteiger partial charge on any atom is -0.322 e. The van der Waals surface area contributed by atoms with Gasteiger partial charge in [0, 0.05) is 25.0 Å². The zero-order valence-corrected chi connectivity index (χ0v) is 11.0. The van der Waals surface area contributed by atoms with E-state index in [1.807, 2.05) is 31.2 Å². The fourth-order valence-corrected chi connectivity index (χ4v) is 1.87. The predicted molar refractivity (Wildman–Crippen MR) is 75.5 cm³/mol. The third-order valence-electron chi connectivity index (χ3n) is 2.99. The second kappa shape index (κ2) is 5.52. The van der Waals surface area contributed by atoms with E-state index in [4.69, 9.17) is 0 Å². The summed E-state index contributed by atoms with van der Waals surface area (Å²) >= 11 is 0. The highest BCUT2D eigenvalue weighted by Gasteiger charge is 2.08. The molecule has 1 amide bonds. The maximum absolute atomic E-state index is 12.1. The van der Waals surface area contributed by atoms with Gasteiger partial charge in [-0.1, -0.05) is 25.1 Å². The first kappa shape index (κ1) is 13.1. The Kier molecular flexibility index (Phi) is 3.80. The molecule has 1 N–H and O–H groups in total. The molecule has 0 aliphatic carbocycles. The zero-order chi connectivity index (χ0) is 13.8. The summed E-state index contributed by atoms with van der Waals surface area (Å²) < 4.78 is 1.39. The number of para-hydroxylation sites is 1. The van der Waals surface area contributed by atoms with E-state index < -0.39 is 0 Å². The quantitative estimate of drug-likeness (QED) is 0.915. The summed E-state index contributed by atoms with van der Waals surface area (Å²) in [6.07, 6.45) is 2.38. The minimum absolute atomic E-state index is 0.134. The molecule has 0 aliphatic rings. The molecule has 0 spiro atoms. The monoisotopic (exact) mass is 256 g/mol. The molecular weight excluding hydrogens is 240 g/mol. The molecule has 2 rings (SSSR count). The summed E-state index contributed by atoms with van der Waals surface area (Å²) in [5.74, 6) is -0.212. The normalized spacial score (nSPS) is 10.2. The van der Waals surface area contributed by atoms with Gasteiger partial charge < -0.3 is 9.88 Å². The Labute approximate surface area is 111 Å². The SMILES string of the molecule is CCc1ccccc1NC(=O)c1ccc(=O)n(C)c1. The first-order valence-corrected chi connectivity index (χ1v) is 6.17. The van der Waals surface area contributed by atoms with Crippen LogP contribution in [0.1, 0.15) is 22.8 Å². The van der Waals surface area contributed by atoms with Gasteiger partial charge in [-0.2, -0.15) is 0 Å². The van der Waals surface area contributed by atoms with Crippen LogP contribution in [0.4, 0.5) is 5.69 Å². The Morgan fingerprint density at radius 1 is 1.21 bits per heavy atom. The van der Waals surface area contributed by atoms with Gasteiger partial charge in [0.1, 0.15) is 0 Å². The molecule has 0 radical (unpaired) electrons. The number of benzene rings is 1. The molecular formula is C15H16N2O2. The zero-order valence-electron chi connectivity index (χ0n) is 11.0. The smallest absolute Gasteiger partial charge is 0.257 e. The molecule has 0 atom stereocenters. The van der Waals surface area contributed by atoms with Crippen LogP contribution in [0.2, 0.25) is 0 Å². The van der Waals surface area contributed by atoms with Crippen LogP contribution in [0.5, 0.6) is 0 Å². The van der Waals surface area contributed by atoms with Crippen LogP contribution >= 0.6 is 0 Å². The van der Waals surface area contributed by atoms with Crippen molar-refractivity contribution in [2.75, 3.05) is 5.32 Å². The number of carbonyl (C=O) groups is 1. The van der Waals surface area contributed by atoms with Crippen LogP contribution in [0, 0.1) is 0 Å². The summed E-state index contributed by atoms with van der Waals surface area (Å²) in [5, 5.41) is 2.87. The predicted octanol–water partition coefficient (Wildman–Crippen LogP) is 2.20. The van der Waals surface area contributed by atoms with Crippen LogP contribution in [0.3, 0.4) is 0 Å².